The van der Waals surface area contributed by atoms with Crippen molar-refractivity contribution in [1.29, 1.82) is 5.26 Å². The molecule has 0 unspecified atom stereocenters. The van der Waals surface area contributed by atoms with E-state index in [-0.39, 0.29) is 0 Å². The van der Waals surface area contributed by atoms with Crippen LogP contribution in [-0.2, 0) is 4.74 Å². The number of nitrogens with zero attached hydrogens (tertiary/aromatic N) is 1. The zero-order valence-corrected chi connectivity index (χ0v) is 11.7. The van der Waals surface area contributed by atoms with Crippen molar-refractivity contribution in [2.75, 3.05) is 0 Å². The summed E-state index contributed by atoms with van der Waals surface area (Å²) >= 11 is 7.15. The predicted octanol–water partition coefficient (Wildman–Crippen LogP) is 4.14. The van der Waals surface area contributed by atoms with Crippen LogP contribution in [0.3, 0.4) is 0 Å². The minimum atomic E-state index is -0.742. The molecule has 0 radical (unpaired) electrons. The number of nitriles is 1. The van der Waals surface area contributed by atoms with Crippen molar-refractivity contribution in [3.63, 3.8) is 0 Å². The maximum Gasteiger partial charge on any atom is 0.349 e. The van der Waals surface area contributed by atoms with Crippen LogP contribution in [0.25, 0.3) is 10.4 Å². The van der Waals surface area contributed by atoms with Crippen LogP contribution in [0.15, 0.2) is 36.4 Å². The molecular formula is C14H10ClNO2S. The number of esters is 1. The van der Waals surface area contributed by atoms with Gasteiger partial charge in [-0.1, -0.05) is 23.7 Å². The SMILES string of the molecule is C[C@H](C#N)OC(=O)c1ccc(-c2ccc(Cl)cc2)s1. The van der Waals surface area contributed by atoms with Gasteiger partial charge in [0.2, 0.25) is 0 Å². The highest BCUT2D eigenvalue weighted by Crippen LogP contribution is 2.29. The molecule has 0 fully saturated rings. The number of thiophene rings is 1. The van der Waals surface area contributed by atoms with Gasteiger partial charge < -0.3 is 4.74 Å². The van der Waals surface area contributed by atoms with E-state index in [1.54, 1.807) is 18.2 Å². The van der Waals surface area contributed by atoms with E-state index in [0.29, 0.717) is 9.90 Å². The zero-order chi connectivity index (χ0) is 13.8. The Morgan fingerprint density at radius 2 is 2.00 bits per heavy atom. The lowest BCUT2D eigenvalue weighted by atomic mass is 10.2. The van der Waals surface area contributed by atoms with Gasteiger partial charge >= 0.3 is 5.97 Å². The van der Waals surface area contributed by atoms with Crippen molar-refractivity contribution < 1.29 is 9.53 Å². The fourth-order valence-electron chi connectivity index (χ4n) is 1.46. The second kappa shape index (κ2) is 5.87. The Hall–Kier alpha value is -1.83. The minimum Gasteiger partial charge on any atom is -0.443 e. The number of carbonyl (C=O) groups is 1. The van der Waals surface area contributed by atoms with Gasteiger partial charge in [0.15, 0.2) is 6.10 Å². The Morgan fingerprint density at radius 3 is 2.63 bits per heavy atom. The first-order valence-electron chi connectivity index (χ1n) is 5.56. The van der Waals surface area contributed by atoms with E-state index in [9.17, 15) is 4.79 Å². The highest BCUT2D eigenvalue weighted by atomic mass is 35.5. The first-order chi connectivity index (χ1) is 9.10. The quantitative estimate of drug-likeness (QED) is 0.799. The van der Waals surface area contributed by atoms with Crippen molar-refractivity contribution in [3.05, 3.63) is 46.3 Å². The molecule has 0 saturated carbocycles. The molecule has 1 aromatic heterocycles. The molecule has 96 valence electrons. The normalized spacial score (nSPS) is 11.6. The average Bonchev–Trinajstić information content (AvgIpc) is 2.89. The van der Waals surface area contributed by atoms with Gasteiger partial charge in [-0.05, 0) is 36.8 Å². The van der Waals surface area contributed by atoms with E-state index < -0.39 is 12.1 Å². The zero-order valence-electron chi connectivity index (χ0n) is 10.1. The number of rotatable bonds is 3. The second-order valence-electron chi connectivity index (χ2n) is 3.85. The summed E-state index contributed by atoms with van der Waals surface area (Å²) in [4.78, 5) is 13.2. The lowest BCUT2D eigenvalue weighted by Crippen LogP contribution is -2.11. The van der Waals surface area contributed by atoms with Crippen molar-refractivity contribution in [3.8, 4) is 16.5 Å². The Morgan fingerprint density at radius 1 is 1.32 bits per heavy atom. The standard InChI is InChI=1S/C14H10ClNO2S/c1-9(8-16)18-14(17)13-7-6-12(19-13)10-2-4-11(15)5-3-10/h2-7,9H,1H3/t9-/m1/s1. The minimum absolute atomic E-state index is 0.473. The maximum atomic E-state index is 11.7. The Labute approximate surface area is 120 Å². The van der Waals surface area contributed by atoms with Gasteiger partial charge in [-0.2, -0.15) is 5.26 Å². The summed E-state index contributed by atoms with van der Waals surface area (Å²) in [6, 6.07) is 12.8. The van der Waals surface area contributed by atoms with Crippen LogP contribution in [0.2, 0.25) is 5.02 Å². The Bertz CT molecular complexity index is 628. The second-order valence-corrected chi connectivity index (χ2v) is 5.37. The summed E-state index contributed by atoms with van der Waals surface area (Å²) in [5, 5.41) is 9.27. The molecule has 0 aliphatic heterocycles. The van der Waals surface area contributed by atoms with Gasteiger partial charge in [0.25, 0.3) is 0 Å². The molecule has 1 aromatic carbocycles. The van der Waals surface area contributed by atoms with Crippen LogP contribution in [0.1, 0.15) is 16.6 Å². The van der Waals surface area contributed by atoms with Gasteiger partial charge in [0.05, 0.1) is 0 Å². The fraction of sp³-hybridized carbons (Fsp3) is 0.143. The van der Waals surface area contributed by atoms with Crippen LogP contribution in [0.5, 0.6) is 0 Å². The average molecular weight is 292 g/mol. The molecule has 5 heteroatoms. The lowest BCUT2D eigenvalue weighted by molar-refractivity contribution is 0.0441. The fourth-order valence-corrected chi connectivity index (χ4v) is 2.48. The van der Waals surface area contributed by atoms with Gasteiger partial charge in [-0.15, -0.1) is 11.3 Å². The highest BCUT2D eigenvalue weighted by molar-refractivity contribution is 7.17. The van der Waals surface area contributed by atoms with Crippen LogP contribution in [0.4, 0.5) is 0 Å². The maximum absolute atomic E-state index is 11.7. The van der Waals surface area contributed by atoms with Gasteiger partial charge in [0.1, 0.15) is 10.9 Å². The van der Waals surface area contributed by atoms with Gasteiger partial charge in [-0.25, -0.2) is 4.79 Å². The molecule has 19 heavy (non-hydrogen) atoms. The van der Waals surface area contributed by atoms with Crippen molar-refractivity contribution >= 4 is 28.9 Å². The number of carbonyl (C=O) groups excluding carboxylic acids is 1. The third-order valence-corrected chi connectivity index (χ3v) is 3.77. The topological polar surface area (TPSA) is 50.1 Å². The molecule has 0 amide bonds. The van der Waals surface area contributed by atoms with E-state index in [2.05, 4.69) is 0 Å². The molecule has 3 nitrogen and oxygen atoms in total. The first-order valence-corrected chi connectivity index (χ1v) is 6.76. The molecular weight excluding hydrogens is 282 g/mol. The van der Waals surface area contributed by atoms with E-state index in [1.807, 2.05) is 24.3 Å². The smallest absolute Gasteiger partial charge is 0.349 e. The third-order valence-electron chi connectivity index (χ3n) is 2.40. The molecule has 0 saturated heterocycles. The largest absolute Gasteiger partial charge is 0.443 e. The van der Waals surface area contributed by atoms with Crippen molar-refractivity contribution in [1.82, 2.24) is 0 Å². The summed E-state index contributed by atoms with van der Waals surface area (Å²) in [6.45, 7) is 1.53. The number of halogens is 1. The number of hydrogen-bond acceptors (Lipinski definition) is 4. The van der Waals surface area contributed by atoms with Crippen molar-refractivity contribution in [2.45, 2.75) is 13.0 Å². The van der Waals surface area contributed by atoms with Crippen LogP contribution < -0.4 is 0 Å². The number of benzene rings is 1. The first kappa shape index (κ1) is 13.6. The molecule has 2 rings (SSSR count). The van der Waals surface area contributed by atoms with Gasteiger partial charge in [-0.3, -0.25) is 0 Å². The number of hydrogen-bond donors (Lipinski definition) is 0. The summed E-state index contributed by atoms with van der Waals surface area (Å²) < 4.78 is 4.94. The molecule has 0 N–H and O–H groups in total. The molecule has 0 spiro atoms. The summed E-state index contributed by atoms with van der Waals surface area (Å²) in [6.07, 6.45) is -0.742. The Kier molecular flexibility index (Phi) is 4.20. The molecule has 1 heterocycles. The lowest BCUT2D eigenvalue weighted by Gasteiger charge is -2.03. The molecule has 1 atom stereocenters. The summed E-state index contributed by atoms with van der Waals surface area (Å²) in [7, 11) is 0. The van der Waals surface area contributed by atoms with E-state index in [0.717, 1.165) is 10.4 Å². The highest BCUT2D eigenvalue weighted by Gasteiger charge is 2.14. The molecule has 2 aromatic rings. The monoisotopic (exact) mass is 291 g/mol. The predicted molar refractivity (Wildman–Crippen MR) is 75.3 cm³/mol. The Balaban J connectivity index is 2.17. The van der Waals surface area contributed by atoms with E-state index in [4.69, 9.17) is 21.6 Å². The summed E-state index contributed by atoms with van der Waals surface area (Å²) in [5.41, 5.74) is 0.988. The van der Waals surface area contributed by atoms with Crippen LogP contribution in [0, 0.1) is 11.3 Å². The van der Waals surface area contributed by atoms with E-state index >= 15 is 0 Å². The third kappa shape index (κ3) is 3.34. The molecule has 0 aliphatic carbocycles. The molecule has 0 bridgehead atoms. The van der Waals surface area contributed by atoms with Crippen molar-refractivity contribution in [2.24, 2.45) is 0 Å². The number of ether oxygens (including phenoxy) is 1. The van der Waals surface area contributed by atoms with Gasteiger partial charge in [0, 0.05) is 9.90 Å². The van der Waals surface area contributed by atoms with E-state index in [1.165, 1.54) is 18.3 Å². The summed E-state index contributed by atoms with van der Waals surface area (Å²) in [5.74, 6) is -0.473. The van der Waals surface area contributed by atoms with Crippen LogP contribution >= 0.6 is 22.9 Å². The molecule has 0 aliphatic rings. The van der Waals surface area contributed by atoms with Crippen LogP contribution in [-0.4, -0.2) is 12.1 Å².